The molecule has 0 spiro atoms. The van der Waals surface area contributed by atoms with Crippen molar-refractivity contribution in [1.82, 2.24) is 19.3 Å². The Labute approximate surface area is 123 Å². The fourth-order valence-electron chi connectivity index (χ4n) is 2.39. The maximum atomic E-state index is 12.2. The van der Waals surface area contributed by atoms with Gasteiger partial charge in [-0.1, -0.05) is 6.07 Å². The van der Waals surface area contributed by atoms with Gasteiger partial charge in [-0.3, -0.25) is 4.79 Å². The lowest BCUT2D eigenvalue weighted by Gasteiger charge is -2.05. The fraction of sp³-hybridized carbons (Fsp3) is 0.250. The number of amides is 1. The Kier molecular flexibility index (Phi) is 3.25. The lowest BCUT2D eigenvalue weighted by atomic mass is 10.3. The van der Waals surface area contributed by atoms with Gasteiger partial charge >= 0.3 is 0 Å². The van der Waals surface area contributed by atoms with Crippen LogP contribution in [0.2, 0.25) is 0 Å². The third-order valence-corrected chi connectivity index (χ3v) is 3.78. The quantitative estimate of drug-likeness (QED) is 0.801. The van der Waals surface area contributed by atoms with E-state index in [1.807, 2.05) is 66.4 Å². The number of rotatable bonds is 3. The third kappa shape index (κ3) is 2.42. The van der Waals surface area contributed by atoms with Crippen molar-refractivity contribution < 1.29 is 4.79 Å². The zero-order chi connectivity index (χ0) is 15.0. The molecule has 3 heterocycles. The van der Waals surface area contributed by atoms with Crippen molar-refractivity contribution in [1.29, 1.82) is 0 Å². The second kappa shape index (κ2) is 5.09. The number of imidazole rings is 1. The average molecular weight is 282 g/mol. The van der Waals surface area contributed by atoms with Crippen LogP contribution in [0, 0.1) is 13.8 Å². The van der Waals surface area contributed by atoms with Crippen LogP contribution in [-0.2, 0) is 13.6 Å². The van der Waals surface area contributed by atoms with E-state index >= 15 is 0 Å². The Balaban J connectivity index is 1.76. The van der Waals surface area contributed by atoms with Gasteiger partial charge in [0, 0.05) is 24.6 Å². The highest BCUT2D eigenvalue weighted by molar-refractivity contribution is 5.92. The van der Waals surface area contributed by atoms with Gasteiger partial charge in [-0.25, -0.2) is 4.98 Å². The second-order valence-electron chi connectivity index (χ2n) is 5.23. The maximum Gasteiger partial charge on any atom is 0.268 e. The molecular weight excluding hydrogens is 264 g/mol. The monoisotopic (exact) mass is 282 g/mol. The summed E-state index contributed by atoms with van der Waals surface area (Å²) in [6, 6.07) is 9.73. The minimum atomic E-state index is -0.0839. The van der Waals surface area contributed by atoms with E-state index in [2.05, 4.69) is 10.3 Å². The number of pyridine rings is 1. The molecule has 3 aromatic rings. The Bertz CT molecular complexity index is 813. The standard InChI is InChI=1S/C16H18N4O/c1-11-7-8-14(19(11)3)16(21)17-9-13-10-20-12(2)5-4-6-15(20)18-13/h4-8,10H,9H2,1-3H3,(H,17,21). The summed E-state index contributed by atoms with van der Waals surface area (Å²) in [7, 11) is 1.89. The minimum absolute atomic E-state index is 0.0839. The summed E-state index contributed by atoms with van der Waals surface area (Å²) in [5.74, 6) is -0.0839. The molecular formula is C16H18N4O. The molecule has 1 N–H and O–H groups in total. The number of hydrogen-bond donors (Lipinski definition) is 1. The van der Waals surface area contributed by atoms with Crippen LogP contribution in [0.3, 0.4) is 0 Å². The smallest absolute Gasteiger partial charge is 0.268 e. The van der Waals surface area contributed by atoms with Gasteiger partial charge < -0.3 is 14.3 Å². The number of aryl methyl sites for hydroxylation is 2. The van der Waals surface area contributed by atoms with Gasteiger partial charge in [0.2, 0.25) is 0 Å². The first-order chi connectivity index (χ1) is 10.1. The van der Waals surface area contributed by atoms with E-state index < -0.39 is 0 Å². The third-order valence-electron chi connectivity index (χ3n) is 3.78. The van der Waals surface area contributed by atoms with Gasteiger partial charge in [-0.15, -0.1) is 0 Å². The zero-order valence-corrected chi connectivity index (χ0v) is 12.4. The molecule has 0 aliphatic rings. The Morgan fingerprint density at radius 2 is 2.00 bits per heavy atom. The molecule has 0 bridgehead atoms. The van der Waals surface area contributed by atoms with Gasteiger partial charge in [0.05, 0.1) is 12.2 Å². The molecule has 3 aromatic heterocycles. The first-order valence-electron chi connectivity index (χ1n) is 6.90. The Morgan fingerprint density at radius 1 is 1.19 bits per heavy atom. The maximum absolute atomic E-state index is 12.2. The predicted octanol–water partition coefficient (Wildman–Crippen LogP) is 2.22. The summed E-state index contributed by atoms with van der Waals surface area (Å²) in [4.78, 5) is 16.7. The molecule has 1 amide bonds. The number of aromatic nitrogens is 3. The van der Waals surface area contributed by atoms with Crippen LogP contribution in [0.15, 0.2) is 36.5 Å². The molecule has 0 aliphatic carbocycles. The summed E-state index contributed by atoms with van der Waals surface area (Å²) in [6.45, 7) is 4.43. The number of fused-ring (bicyclic) bond motifs is 1. The molecule has 3 rings (SSSR count). The van der Waals surface area contributed by atoms with E-state index in [0.29, 0.717) is 12.2 Å². The molecule has 21 heavy (non-hydrogen) atoms. The molecule has 108 valence electrons. The molecule has 0 aliphatic heterocycles. The number of carbonyl (C=O) groups is 1. The number of hydrogen-bond acceptors (Lipinski definition) is 2. The summed E-state index contributed by atoms with van der Waals surface area (Å²) in [5.41, 5.74) is 4.59. The zero-order valence-electron chi connectivity index (χ0n) is 12.4. The van der Waals surface area contributed by atoms with Crippen molar-refractivity contribution in [2.75, 3.05) is 0 Å². The summed E-state index contributed by atoms with van der Waals surface area (Å²) < 4.78 is 3.90. The Hall–Kier alpha value is -2.56. The normalized spacial score (nSPS) is 11.0. The number of nitrogens with zero attached hydrogens (tertiary/aromatic N) is 3. The molecule has 0 saturated carbocycles. The van der Waals surface area contributed by atoms with Gasteiger partial charge in [0.25, 0.3) is 5.91 Å². The lowest BCUT2D eigenvalue weighted by molar-refractivity contribution is 0.0942. The molecule has 0 radical (unpaired) electrons. The van der Waals surface area contributed by atoms with Crippen LogP contribution < -0.4 is 5.32 Å². The van der Waals surface area contributed by atoms with Crippen LogP contribution in [-0.4, -0.2) is 19.9 Å². The molecule has 0 aromatic carbocycles. The van der Waals surface area contributed by atoms with E-state index in [-0.39, 0.29) is 5.91 Å². The molecule has 0 fully saturated rings. The van der Waals surface area contributed by atoms with Crippen molar-refractivity contribution in [3.05, 3.63) is 59.3 Å². The van der Waals surface area contributed by atoms with Crippen LogP contribution in [0.5, 0.6) is 0 Å². The highest BCUT2D eigenvalue weighted by Gasteiger charge is 2.11. The number of nitrogens with one attached hydrogen (secondary N) is 1. The average Bonchev–Trinajstić information content (AvgIpc) is 3.02. The predicted molar refractivity (Wildman–Crippen MR) is 81.2 cm³/mol. The van der Waals surface area contributed by atoms with Crippen LogP contribution in [0.1, 0.15) is 27.6 Å². The van der Waals surface area contributed by atoms with E-state index in [4.69, 9.17) is 0 Å². The molecule has 0 atom stereocenters. The second-order valence-corrected chi connectivity index (χ2v) is 5.23. The largest absolute Gasteiger partial charge is 0.345 e. The number of carbonyl (C=O) groups excluding carboxylic acids is 1. The lowest BCUT2D eigenvalue weighted by Crippen LogP contribution is -2.25. The van der Waals surface area contributed by atoms with Crippen molar-refractivity contribution in [2.45, 2.75) is 20.4 Å². The van der Waals surface area contributed by atoms with Gasteiger partial charge in [-0.05, 0) is 38.1 Å². The highest BCUT2D eigenvalue weighted by atomic mass is 16.1. The van der Waals surface area contributed by atoms with Gasteiger partial charge in [0.1, 0.15) is 11.3 Å². The van der Waals surface area contributed by atoms with Gasteiger partial charge in [0.15, 0.2) is 0 Å². The molecule has 5 nitrogen and oxygen atoms in total. The van der Waals surface area contributed by atoms with Gasteiger partial charge in [-0.2, -0.15) is 0 Å². The van der Waals surface area contributed by atoms with Crippen molar-refractivity contribution in [2.24, 2.45) is 7.05 Å². The molecule has 5 heteroatoms. The van der Waals surface area contributed by atoms with E-state index in [1.165, 1.54) is 0 Å². The van der Waals surface area contributed by atoms with E-state index in [0.717, 1.165) is 22.7 Å². The van der Waals surface area contributed by atoms with Crippen molar-refractivity contribution in [3.8, 4) is 0 Å². The molecule has 0 saturated heterocycles. The topological polar surface area (TPSA) is 51.3 Å². The van der Waals surface area contributed by atoms with Crippen molar-refractivity contribution in [3.63, 3.8) is 0 Å². The minimum Gasteiger partial charge on any atom is -0.345 e. The van der Waals surface area contributed by atoms with Crippen LogP contribution in [0.4, 0.5) is 0 Å². The summed E-state index contributed by atoms with van der Waals surface area (Å²) in [5, 5.41) is 2.91. The van der Waals surface area contributed by atoms with Crippen LogP contribution >= 0.6 is 0 Å². The summed E-state index contributed by atoms with van der Waals surface area (Å²) in [6.07, 6.45) is 1.96. The highest BCUT2D eigenvalue weighted by Crippen LogP contribution is 2.09. The Morgan fingerprint density at radius 3 is 2.67 bits per heavy atom. The van der Waals surface area contributed by atoms with E-state index in [9.17, 15) is 4.79 Å². The van der Waals surface area contributed by atoms with Crippen LogP contribution in [0.25, 0.3) is 5.65 Å². The fourth-order valence-corrected chi connectivity index (χ4v) is 2.39. The molecule has 0 unspecified atom stereocenters. The first-order valence-corrected chi connectivity index (χ1v) is 6.90. The van der Waals surface area contributed by atoms with E-state index in [1.54, 1.807) is 0 Å². The SMILES string of the molecule is Cc1ccc(C(=O)NCc2cn3c(C)cccc3n2)n1C. The van der Waals surface area contributed by atoms with Crippen molar-refractivity contribution >= 4 is 11.6 Å². The summed E-state index contributed by atoms with van der Waals surface area (Å²) >= 11 is 0. The first kappa shape index (κ1) is 13.4.